The van der Waals surface area contributed by atoms with E-state index in [-0.39, 0.29) is 0 Å². The highest BCUT2D eigenvalue weighted by molar-refractivity contribution is 5.77. The number of rotatable bonds is 3. The quantitative estimate of drug-likeness (QED) is 0.395. The number of pyridine rings is 1. The zero-order valence-corrected chi connectivity index (χ0v) is 15.8. The molecule has 3 nitrogen and oxygen atoms in total. The van der Waals surface area contributed by atoms with Crippen LogP contribution in [-0.4, -0.2) is 4.98 Å². The third-order valence-electron chi connectivity index (χ3n) is 4.78. The number of benzene rings is 3. The van der Waals surface area contributed by atoms with Crippen LogP contribution in [-0.2, 0) is 6.18 Å². The normalized spacial score (nSPS) is 11.4. The molecule has 4 N–H and O–H groups in total. The zero-order valence-electron chi connectivity index (χ0n) is 15.8. The first kappa shape index (κ1) is 19.5. The minimum Gasteiger partial charge on any atom is -0.399 e. The molecule has 1 heterocycles. The number of halogens is 3. The number of nitrogen functional groups attached to an aromatic ring is 2. The standard InChI is InChI=1S/C24H18F3N3/c25-24(26,27)19-7-1-15(2-8-19)18-13-22(16-3-9-20(28)10-4-16)30-23(14-18)17-5-11-21(29)12-6-17/h1-14H,28-29H2. The lowest BCUT2D eigenvalue weighted by molar-refractivity contribution is -0.137. The highest BCUT2D eigenvalue weighted by Crippen LogP contribution is 2.34. The van der Waals surface area contributed by atoms with Crippen LogP contribution in [0.1, 0.15) is 5.56 Å². The summed E-state index contributed by atoms with van der Waals surface area (Å²) >= 11 is 0. The maximum atomic E-state index is 12.9. The molecule has 0 saturated heterocycles. The molecule has 6 heteroatoms. The van der Waals surface area contributed by atoms with Gasteiger partial charge in [0.15, 0.2) is 0 Å². The molecule has 4 rings (SSSR count). The van der Waals surface area contributed by atoms with Crippen molar-refractivity contribution in [2.24, 2.45) is 0 Å². The van der Waals surface area contributed by atoms with Gasteiger partial charge in [0.2, 0.25) is 0 Å². The summed E-state index contributed by atoms with van der Waals surface area (Å²) in [6.45, 7) is 0. The molecule has 0 radical (unpaired) electrons. The van der Waals surface area contributed by atoms with E-state index >= 15 is 0 Å². The molecule has 0 bridgehead atoms. The van der Waals surface area contributed by atoms with Gasteiger partial charge in [-0.1, -0.05) is 36.4 Å². The van der Waals surface area contributed by atoms with E-state index in [9.17, 15) is 13.2 Å². The van der Waals surface area contributed by atoms with Gasteiger partial charge in [0.1, 0.15) is 0 Å². The molecule has 0 atom stereocenters. The number of alkyl halides is 3. The zero-order chi connectivity index (χ0) is 21.3. The molecule has 0 saturated carbocycles. The number of hydrogen-bond acceptors (Lipinski definition) is 3. The Labute approximate surface area is 171 Å². The lowest BCUT2D eigenvalue weighted by atomic mass is 9.99. The Bertz CT molecular complexity index is 1100. The summed E-state index contributed by atoms with van der Waals surface area (Å²) in [6, 6.07) is 23.4. The number of hydrogen-bond donors (Lipinski definition) is 2. The van der Waals surface area contributed by atoms with Gasteiger partial charge in [0.25, 0.3) is 0 Å². The Morgan fingerprint density at radius 3 is 1.33 bits per heavy atom. The van der Waals surface area contributed by atoms with E-state index in [1.807, 2.05) is 36.4 Å². The largest absolute Gasteiger partial charge is 0.416 e. The van der Waals surface area contributed by atoms with Crippen molar-refractivity contribution in [1.29, 1.82) is 0 Å². The molecule has 150 valence electrons. The Morgan fingerprint density at radius 1 is 0.533 bits per heavy atom. The Kier molecular flexibility index (Phi) is 4.91. The van der Waals surface area contributed by atoms with Crippen LogP contribution >= 0.6 is 0 Å². The summed E-state index contributed by atoms with van der Waals surface area (Å²) in [7, 11) is 0. The minimum absolute atomic E-state index is 0.636. The summed E-state index contributed by atoms with van der Waals surface area (Å²) < 4.78 is 38.8. The summed E-state index contributed by atoms with van der Waals surface area (Å²) in [4.78, 5) is 4.75. The maximum absolute atomic E-state index is 12.9. The van der Waals surface area contributed by atoms with Gasteiger partial charge in [-0.15, -0.1) is 0 Å². The smallest absolute Gasteiger partial charge is 0.399 e. The third-order valence-corrected chi connectivity index (χ3v) is 4.78. The average Bonchev–Trinajstić information content (AvgIpc) is 2.74. The van der Waals surface area contributed by atoms with Gasteiger partial charge in [-0.2, -0.15) is 13.2 Å². The molecular weight excluding hydrogens is 387 g/mol. The monoisotopic (exact) mass is 405 g/mol. The van der Waals surface area contributed by atoms with Crippen molar-refractivity contribution in [2.75, 3.05) is 11.5 Å². The third kappa shape index (κ3) is 4.12. The van der Waals surface area contributed by atoms with Crippen molar-refractivity contribution >= 4 is 11.4 Å². The molecule has 30 heavy (non-hydrogen) atoms. The second-order valence-corrected chi connectivity index (χ2v) is 6.95. The minimum atomic E-state index is -4.37. The van der Waals surface area contributed by atoms with Gasteiger partial charge < -0.3 is 11.5 Å². The Balaban J connectivity index is 1.85. The van der Waals surface area contributed by atoms with Crippen LogP contribution in [0, 0.1) is 0 Å². The van der Waals surface area contributed by atoms with Crippen LogP contribution in [0.4, 0.5) is 24.5 Å². The van der Waals surface area contributed by atoms with Gasteiger partial charge in [-0.05, 0) is 59.7 Å². The van der Waals surface area contributed by atoms with Gasteiger partial charge in [-0.25, -0.2) is 4.98 Å². The van der Waals surface area contributed by atoms with Gasteiger partial charge >= 0.3 is 6.18 Å². The van der Waals surface area contributed by atoms with Crippen LogP contribution in [0.15, 0.2) is 84.9 Å². The van der Waals surface area contributed by atoms with Crippen LogP contribution in [0.2, 0.25) is 0 Å². The number of anilines is 2. The van der Waals surface area contributed by atoms with Crippen LogP contribution in [0.5, 0.6) is 0 Å². The fraction of sp³-hybridized carbons (Fsp3) is 0.0417. The molecule has 4 aromatic rings. The van der Waals surface area contributed by atoms with Crippen molar-refractivity contribution < 1.29 is 13.2 Å². The fourth-order valence-electron chi connectivity index (χ4n) is 3.15. The Morgan fingerprint density at radius 2 is 0.933 bits per heavy atom. The molecule has 0 unspecified atom stereocenters. The van der Waals surface area contributed by atoms with Crippen molar-refractivity contribution in [1.82, 2.24) is 4.98 Å². The molecule has 0 amide bonds. The number of aromatic nitrogens is 1. The van der Waals surface area contributed by atoms with Gasteiger partial charge in [0, 0.05) is 22.5 Å². The summed E-state index contributed by atoms with van der Waals surface area (Å²) in [6.07, 6.45) is -4.37. The molecule has 0 aliphatic rings. The van der Waals surface area contributed by atoms with E-state index in [4.69, 9.17) is 16.5 Å². The molecule has 0 spiro atoms. The second kappa shape index (κ2) is 7.55. The topological polar surface area (TPSA) is 64.9 Å². The van der Waals surface area contributed by atoms with Crippen molar-refractivity contribution in [3.8, 4) is 33.6 Å². The molecule has 0 aliphatic carbocycles. The summed E-state index contributed by atoms with van der Waals surface area (Å²) in [5.74, 6) is 0. The highest BCUT2D eigenvalue weighted by atomic mass is 19.4. The number of nitrogens with zero attached hydrogens (tertiary/aromatic N) is 1. The van der Waals surface area contributed by atoms with Crippen molar-refractivity contribution in [3.63, 3.8) is 0 Å². The highest BCUT2D eigenvalue weighted by Gasteiger charge is 2.30. The number of nitrogens with two attached hydrogens (primary N) is 2. The maximum Gasteiger partial charge on any atom is 0.416 e. The average molecular weight is 405 g/mol. The lowest BCUT2D eigenvalue weighted by Crippen LogP contribution is -2.04. The summed E-state index contributed by atoms with van der Waals surface area (Å²) in [5, 5.41) is 0. The summed E-state index contributed by atoms with van der Waals surface area (Å²) in [5.41, 5.74) is 16.7. The first-order valence-corrected chi connectivity index (χ1v) is 9.21. The van der Waals surface area contributed by atoms with Crippen LogP contribution in [0.3, 0.4) is 0 Å². The molecule has 3 aromatic carbocycles. The van der Waals surface area contributed by atoms with E-state index in [1.54, 1.807) is 24.3 Å². The van der Waals surface area contributed by atoms with Crippen LogP contribution in [0.25, 0.3) is 33.6 Å². The second-order valence-electron chi connectivity index (χ2n) is 6.95. The SMILES string of the molecule is Nc1ccc(-c2cc(-c3ccc(C(F)(F)F)cc3)cc(-c3ccc(N)cc3)n2)cc1. The molecule has 0 fully saturated rings. The van der Waals surface area contributed by atoms with Crippen molar-refractivity contribution in [2.45, 2.75) is 6.18 Å². The van der Waals surface area contributed by atoms with Crippen LogP contribution < -0.4 is 11.5 Å². The first-order chi connectivity index (χ1) is 14.3. The van der Waals surface area contributed by atoms with Crippen molar-refractivity contribution in [3.05, 3.63) is 90.5 Å². The first-order valence-electron chi connectivity index (χ1n) is 9.21. The van der Waals surface area contributed by atoms with E-state index in [0.29, 0.717) is 28.3 Å². The van der Waals surface area contributed by atoms with E-state index in [1.165, 1.54) is 12.1 Å². The van der Waals surface area contributed by atoms with E-state index in [0.717, 1.165) is 28.8 Å². The van der Waals surface area contributed by atoms with Gasteiger partial charge in [-0.3, -0.25) is 0 Å². The van der Waals surface area contributed by atoms with Gasteiger partial charge in [0.05, 0.1) is 17.0 Å². The fourth-order valence-corrected chi connectivity index (χ4v) is 3.15. The van der Waals surface area contributed by atoms with E-state index < -0.39 is 11.7 Å². The lowest BCUT2D eigenvalue weighted by Gasteiger charge is -2.12. The predicted molar refractivity (Wildman–Crippen MR) is 114 cm³/mol. The molecular formula is C24H18F3N3. The molecule has 1 aromatic heterocycles. The molecule has 0 aliphatic heterocycles. The van der Waals surface area contributed by atoms with E-state index in [2.05, 4.69) is 0 Å². The predicted octanol–water partition coefficient (Wildman–Crippen LogP) is 6.27. The Hall–Kier alpha value is -3.80.